The van der Waals surface area contributed by atoms with Gasteiger partial charge in [-0.05, 0) is 58.3 Å². The van der Waals surface area contributed by atoms with E-state index in [1.54, 1.807) is 11.3 Å². The highest BCUT2D eigenvalue weighted by atomic mass is 32.1. The molecule has 15 aromatic rings. The van der Waals surface area contributed by atoms with Gasteiger partial charge in [-0.1, -0.05) is 146 Å². The first kappa shape index (κ1) is 37.0. The maximum absolute atomic E-state index is 12.1. The van der Waals surface area contributed by atoms with E-state index >= 15 is 0 Å². The smallest absolute Gasteiger partial charge is 0.220 e. The quantitative estimate of drug-likeness (QED) is 0.131. The third kappa shape index (κ3) is 4.69. The Morgan fingerprint density at radius 1 is 0.500 bits per heavy atom. The Balaban J connectivity index is 1.27. The minimum Gasteiger partial charge on any atom is -0.456 e. The standard InChI is InChI=1S/C61H31N5OS/c1-63-56-50(34-15-4-2-5-16-34)44(33-62)58(51(35-17-6-3-7-18-35)60(56)65-45-24-14-23-38-36-19-8-9-21-39(36)55-54(52(38)45)46(65)31-32-64-55)66-57-40(29-30-48-53(57)43-22-10-12-25-47(43)67-48)41-27-28-42-37-20-11-13-26-49(37)68-61(42)59(41)66/h2-32H. The van der Waals surface area contributed by atoms with Crippen LogP contribution in [0.5, 0.6) is 0 Å². The zero-order valence-corrected chi connectivity index (χ0v) is 36.8. The first-order valence-electron chi connectivity index (χ1n) is 22.6. The van der Waals surface area contributed by atoms with Crippen LogP contribution >= 0.6 is 11.3 Å². The van der Waals surface area contributed by atoms with Gasteiger partial charge < -0.3 is 13.6 Å². The fourth-order valence-electron chi connectivity index (χ4n) is 11.5. The minimum absolute atomic E-state index is 0.390. The van der Waals surface area contributed by atoms with Crippen LogP contribution in [-0.4, -0.2) is 14.1 Å². The van der Waals surface area contributed by atoms with Crippen LogP contribution in [0.4, 0.5) is 5.69 Å². The molecular weight excluding hydrogens is 851 g/mol. The SMILES string of the molecule is [C-]#[N+]c1c(-c2ccccc2)c(C#N)c(-n2c3c(ccc4c5ccccc5sc43)c3ccc4oc5ccccc5c4c32)c(-c2ccccc2)c1-n1c2cccc3c4ccccc4c4nccc1c4c32. The lowest BCUT2D eigenvalue weighted by Gasteiger charge is -2.26. The molecule has 7 heteroatoms. The molecule has 0 unspecified atom stereocenters. The Kier molecular flexibility index (Phi) is 7.42. The van der Waals surface area contributed by atoms with Crippen LogP contribution in [0.15, 0.2) is 193 Å². The lowest BCUT2D eigenvalue weighted by Crippen LogP contribution is -2.09. The van der Waals surface area contributed by atoms with Gasteiger partial charge in [-0.15, -0.1) is 11.3 Å². The van der Waals surface area contributed by atoms with Gasteiger partial charge in [-0.2, -0.15) is 5.26 Å². The van der Waals surface area contributed by atoms with Crippen molar-refractivity contribution in [2.75, 3.05) is 0 Å². The monoisotopic (exact) mass is 881 g/mol. The Hall–Kier alpha value is -9.27. The molecule has 0 saturated heterocycles. The summed E-state index contributed by atoms with van der Waals surface area (Å²) in [5, 5.41) is 23.9. The number of fused-ring (bicyclic) bond motifs is 14. The highest BCUT2D eigenvalue weighted by molar-refractivity contribution is 7.26. The summed E-state index contributed by atoms with van der Waals surface area (Å²) < 4.78 is 13.7. The fraction of sp³-hybridized carbons (Fsp3) is 0. The summed E-state index contributed by atoms with van der Waals surface area (Å²) in [6.07, 6.45) is 1.89. The number of hydrogen-bond donors (Lipinski definition) is 0. The van der Waals surface area contributed by atoms with E-state index in [1.807, 2.05) is 66.9 Å². The van der Waals surface area contributed by atoms with Crippen molar-refractivity contribution in [2.45, 2.75) is 0 Å². The second-order valence-electron chi connectivity index (χ2n) is 17.5. The number of para-hydroxylation sites is 1. The summed E-state index contributed by atoms with van der Waals surface area (Å²) in [6.45, 7) is 9.35. The summed E-state index contributed by atoms with van der Waals surface area (Å²) in [5.41, 5.74) is 11.5. The first-order chi connectivity index (χ1) is 33.7. The molecule has 0 atom stereocenters. The topological polar surface area (TPSA) is 64.0 Å². The van der Waals surface area contributed by atoms with Crippen molar-refractivity contribution in [1.82, 2.24) is 14.1 Å². The summed E-state index contributed by atoms with van der Waals surface area (Å²) in [4.78, 5) is 9.64. The van der Waals surface area contributed by atoms with E-state index in [9.17, 15) is 11.8 Å². The molecule has 0 fully saturated rings. The molecule has 0 amide bonds. The predicted octanol–water partition coefficient (Wildman–Crippen LogP) is 17.0. The van der Waals surface area contributed by atoms with Gasteiger partial charge in [-0.25, -0.2) is 4.85 Å². The molecule has 15 rings (SSSR count). The van der Waals surface area contributed by atoms with Gasteiger partial charge in [0.05, 0.1) is 61.2 Å². The molecule has 6 nitrogen and oxygen atoms in total. The number of furan rings is 1. The Morgan fingerprint density at radius 3 is 1.94 bits per heavy atom. The molecule has 0 bridgehead atoms. The second-order valence-corrected chi connectivity index (χ2v) is 18.5. The van der Waals surface area contributed by atoms with Gasteiger partial charge in [-0.3, -0.25) is 4.98 Å². The van der Waals surface area contributed by atoms with E-state index in [2.05, 4.69) is 141 Å². The van der Waals surface area contributed by atoms with E-state index in [0.717, 1.165) is 114 Å². The fourth-order valence-corrected chi connectivity index (χ4v) is 12.8. The third-order valence-electron chi connectivity index (χ3n) is 14.2. The normalized spacial score (nSPS) is 12.1. The van der Waals surface area contributed by atoms with E-state index in [0.29, 0.717) is 28.2 Å². The second kappa shape index (κ2) is 13.6. The molecule has 0 saturated carbocycles. The number of nitrogens with zero attached hydrogens (tertiary/aromatic N) is 5. The number of thiophene rings is 1. The number of pyridine rings is 1. The minimum atomic E-state index is 0.390. The van der Waals surface area contributed by atoms with Gasteiger partial charge >= 0.3 is 0 Å². The van der Waals surface area contributed by atoms with Gasteiger partial charge in [0.2, 0.25) is 5.69 Å². The molecule has 312 valence electrons. The van der Waals surface area contributed by atoms with Crippen molar-refractivity contribution in [2.24, 2.45) is 0 Å². The number of nitriles is 1. The van der Waals surface area contributed by atoms with Crippen molar-refractivity contribution < 1.29 is 4.42 Å². The van der Waals surface area contributed by atoms with E-state index < -0.39 is 0 Å². The van der Waals surface area contributed by atoms with Crippen LogP contribution in [0.3, 0.4) is 0 Å². The average Bonchev–Trinajstić information content (AvgIpc) is 4.16. The molecule has 5 heterocycles. The largest absolute Gasteiger partial charge is 0.456 e. The van der Waals surface area contributed by atoms with Crippen LogP contribution in [0.25, 0.3) is 146 Å². The molecule has 68 heavy (non-hydrogen) atoms. The van der Waals surface area contributed by atoms with Crippen LogP contribution in [-0.2, 0) is 0 Å². The molecule has 0 aliphatic carbocycles. The molecule has 10 aromatic carbocycles. The number of aromatic nitrogens is 3. The maximum Gasteiger partial charge on any atom is 0.220 e. The van der Waals surface area contributed by atoms with Crippen molar-refractivity contribution in [3.8, 4) is 39.7 Å². The molecule has 0 spiro atoms. The predicted molar refractivity (Wildman–Crippen MR) is 281 cm³/mol. The zero-order valence-electron chi connectivity index (χ0n) is 36.0. The van der Waals surface area contributed by atoms with Gasteiger partial charge in [0.1, 0.15) is 17.2 Å². The van der Waals surface area contributed by atoms with Crippen molar-refractivity contribution in [1.29, 1.82) is 5.26 Å². The number of hydrogen-bond acceptors (Lipinski definition) is 4. The van der Waals surface area contributed by atoms with E-state index in [1.165, 1.54) is 10.1 Å². The van der Waals surface area contributed by atoms with Crippen molar-refractivity contribution in [3.63, 3.8) is 0 Å². The highest BCUT2D eigenvalue weighted by Gasteiger charge is 2.34. The highest BCUT2D eigenvalue weighted by Crippen LogP contribution is 2.55. The van der Waals surface area contributed by atoms with Crippen LogP contribution in [0.1, 0.15) is 5.56 Å². The Bertz CT molecular complexity index is 4660. The summed E-state index contributed by atoms with van der Waals surface area (Å²) in [6, 6.07) is 65.8. The average molecular weight is 882 g/mol. The third-order valence-corrected chi connectivity index (χ3v) is 15.4. The van der Waals surface area contributed by atoms with Crippen LogP contribution in [0, 0.1) is 17.9 Å². The van der Waals surface area contributed by atoms with Gasteiger partial charge in [0.15, 0.2) is 0 Å². The number of rotatable bonds is 4. The molecular formula is C61H31N5OS. The molecule has 0 aliphatic rings. The lowest BCUT2D eigenvalue weighted by atomic mass is 9.88. The van der Waals surface area contributed by atoms with Gasteiger partial charge in [0, 0.05) is 65.1 Å². The number of benzene rings is 10. The zero-order chi connectivity index (χ0) is 44.8. The van der Waals surface area contributed by atoms with Crippen LogP contribution < -0.4 is 0 Å². The summed E-state index contributed by atoms with van der Waals surface area (Å²) >= 11 is 1.77. The summed E-state index contributed by atoms with van der Waals surface area (Å²) in [5.74, 6) is 0. The van der Waals surface area contributed by atoms with Crippen molar-refractivity contribution >= 4 is 124 Å². The molecule has 0 aliphatic heterocycles. The van der Waals surface area contributed by atoms with E-state index in [-0.39, 0.29) is 0 Å². The summed E-state index contributed by atoms with van der Waals surface area (Å²) in [7, 11) is 0. The van der Waals surface area contributed by atoms with E-state index in [4.69, 9.17) is 9.40 Å². The molecule has 0 N–H and O–H groups in total. The van der Waals surface area contributed by atoms with Gasteiger partial charge in [0.25, 0.3) is 0 Å². The molecule has 0 radical (unpaired) electrons. The maximum atomic E-state index is 12.1. The first-order valence-corrected chi connectivity index (χ1v) is 23.4. The van der Waals surface area contributed by atoms with Crippen molar-refractivity contribution in [3.05, 3.63) is 205 Å². The Morgan fingerprint density at radius 2 is 1.15 bits per heavy atom. The Labute approximate surface area is 391 Å². The lowest BCUT2D eigenvalue weighted by molar-refractivity contribution is 0.669. The molecule has 5 aromatic heterocycles. The van der Waals surface area contributed by atoms with Crippen LogP contribution in [0.2, 0.25) is 0 Å².